The van der Waals surface area contributed by atoms with Crippen LogP contribution in [0.4, 0.5) is 0 Å². The van der Waals surface area contributed by atoms with Crippen LogP contribution in [0.25, 0.3) is 0 Å². The monoisotopic (exact) mass is 240 g/mol. The predicted octanol–water partition coefficient (Wildman–Crippen LogP) is 3.96. The number of halogens is 1. The lowest BCUT2D eigenvalue weighted by Crippen LogP contribution is -2.31. The van der Waals surface area contributed by atoms with Crippen molar-refractivity contribution < 1.29 is 4.79 Å². The fraction of sp³-hybridized carbons (Fsp3) is 0.786. The maximum Gasteiger partial charge on any atom is 0.136 e. The molecule has 2 aliphatic rings. The second kappa shape index (κ2) is 5.35. The van der Waals surface area contributed by atoms with Gasteiger partial charge in [-0.1, -0.05) is 18.6 Å². The molecule has 90 valence electrons. The van der Waals surface area contributed by atoms with Gasteiger partial charge in [-0.25, -0.2) is 0 Å². The number of alkyl halides is 1. The molecule has 2 heteroatoms. The Kier molecular flexibility index (Phi) is 4.07. The summed E-state index contributed by atoms with van der Waals surface area (Å²) >= 11 is 5.70. The number of carbonyl (C=O) groups is 1. The summed E-state index contributed by atoms with van der Waals surface area (Å²) < 4.78 is 0. The van der Waals surface area contributed by atoms with Crippen molar-refractivity contribution in [2.75, 3.05) is 5.88 Å². The molecule has 0 aliphatic heterocycles. The van der Waals surface area contributed by atoms with E-state index in [-0.39, 0.29) is 5.92 Å². The molecule has 0 heterocycles. The Morgan fingerprint density at radius 1 is 1.44 bits per heavy atom. The maximum absolute atomic E-state index is 11.8. The number of fused-ring (bicyclic) bond motifs is 1. The van der Waals surface area contributed by atoms with Gasteiger partial charge in [0, 0.05) is 18.2 Å². The summed E-state index contributed by atoms with van der Waals surface area (Å²) in [7, 11) is 0. The quantitative estimate of drug-likeness (QED) is 0.413. The zero-order valence-electron chi connectivity index (χ0n) is 10.0. The van der Waals surface area contributed by atoms with Crippen molar-refractivity contribution in [2.24, 2.45) is 17.8 Å². The molecule has 1 saturated carbocycles. The zero-order valence-corrected chi connectivity index (χ0v) is 10.8. The van der Waals surface area contributed by atoms with Crippen molar-refractivity contribution >= 4 is 17.4 Å². The Balaban J connectivity index is 1.96. The third-order valence-electron chi connectivity index (χ3n) is 4.28. The van der Waals surface area contributed by atoms with E-state index in [1.807, 2.05) is 0 Å². The van der Waals surface area contributed by atoms with Gasteiger partial charge in [0.2, 0.25) is 0 Å². The lowest BCUT2D eigenvalue weighted by Gasteiger charge is -2.32. The molecule has 16 heavy (non-hydrogen) atoms. The molecule has 1 unspecified atom stereocenters. The molecule has 1 fully saturated rings. The van der Waals surface area contributed by atoms with E-state index in [0.717, 1.165) is 37.5 Å². The highest BCUT2D eigenvalue weighted by Crippen LogP contribution is 2.45. The average Bonchev–Trinajstić information content (AvgIpc) is 2.68. The van der Waals surface area contributed by atoms with Gasteiger partial charge < -0.3 is 0 Å². The molecular formula is C14H21ClO. The van der Waals surface area contributed by atoms with Crippen LogP contribution in [0.15, 0.2) is 11.6 Å². The normalized spacial score (nSPS) is 33.8. The molecule has 2 aliphatic carbocycles. The van der Waals surface area contributed by atoms with Crippen molar-refractivity contribution in [1.29, 1.82) is 0 Å². The first-order valence-electron chi connectivity index (χ1n) is 6.51. The largest absolute Gasteiger partial charge is 0.299 e. The van der Waals surface area contributed by atoms with E-state index in [1.54, 1.807) is 5.57 Å². The number of carbonyl (C=O) groups excluding carboxylic acids is 1. The van der Waals surface area contributed by atoms with Gasteiger partial charge in [0.05, 0.1) is 0 Å². The van der Waals surface area contributed by atoms with Crippen molar-refractivity contribution in [1.82, 2.24) is 0 Å². The van der Waals surface area contributed by atoms with Crippen LogP contribution in [0, 0.1) is 17.8 Å². The van der Waals surface area contributed by atoms with Crippen molar-refractivity contribution in [3.63, 3.8) is 0 Å². The first-order valence-corrected chi connectivity index (χ1v) is 7.05. The molecule has 3 atom stereocenters. The smallest absolute Gasteiger partial charge is 0.136 e. The fourth-order valence-electron chi connectivity index (χ4n) is 3.36. The molecule has 1 nitrogen and oxygen atoms in total. The molecular weight excluding hydrogens is 220 g/mol. The Hall–Kier alpha value is -0.300. The zero-order chi connectivity index (χ0) is 11.5. The highest BCUT2D eigenvalue weighted by molar-refractivity contribution is 6.17. The Morgan fingerprint density at radius 2 is 2.25 bits per heavy atom. The van der Waals surface area contributed by atoms with E-state index < -0.39 is 0 Å². The van der Waals surface area contributed by atoms with E-state index in [9.17, 15) is 4.79 Å². The number of hydrogen-bond donors (Lipinski definition) is 0. The lowest BCUT2D eigenvalue weighted by atomic mass is 9.71. The topological polar surface area (TPSA) is 17.1 Å². The van der Waals surface area contributed by atoms with Crippen LogP contribution in [0.3, 0.4) is 0 Å². The summed E-state index contributed by atoms with van der Waals surface area (Å²) in [6.45, 7) is 2.12. The first-order chi connectivity index (χ1) is 7.74. The summed E-state index contributed by atoms with van der Waals surface area (Å²) in [6, 6.07) is 0. The van der Waals surface area contributed by atoms with Gasteiger partial charge in [-0.2, -0.15) is 0 Å². The number of hydrogen-bond acceptors (Lipinski definition) is 1. The number of rotatable bonds is 4. The maximum atomic E-state index is 11.8. The molecule has 0 saturated heterocycles. The second-order valence-electron chi connectivity index (χ2n) is 5.24. The van der Waals surface area contributed by atoms with Crippen LogP contribution in [-0.2, 0) is 4.79 Å². The van der Waals surface area contributed by atoms with Gasteiger partial charge in [-0.05, 0) is 43.9 Å². The number of Topliss-reactive ketones (excluding diaryl/α,β-unsaturated/α-hetero) is 1. The summed E-state index contributed by atoms with van der Waals surface area (Å²) in [5.41, 5.74) is 1.55. The molecule has 0 amide bonds. The van der Waals surface area contributed by atoms with Crippen LogP contribution in [-0.4, -0.2) is 11.7 Å². The first kappa shape index (κ1) is 12.2. The molecule has 0 aromatic rings. The highest BCUT2D eigenvalue weighted by Gasteiger charge is 2.39. The van der Waals surface area contributed by atoms with Gasteiger partial charge >= 0.3 is 0 Å². The molecule has 0 radical (unpaired) electrons. The SMILES string of the molecule is CC1C(=O)CC[C@H]2CC=C(CCCCCl)[C@@H]12. The second-order valence-corrected chi connectivity index (χ2v) is 5.62. The molecule has 0 aromatic heterocycles. The van der Waals surface area contributed by atoms with Gasteiger partial charge in [0.15, 0.2) is 0 Å². The Bertz CT molecular complexity index is 295. The number of unbranched alkanes of at least 4 members (excludes halogenated alkanes) is 1. The summed E-state index contributed by atoms with van der Waals surface area (Å²) in [5, 5.41) is 0. The molecule has 0 spiro atoms. The number of ketones is 1. The van der Waals surface area contributed by atoms with Crippen molar-refractivity contribution in [3.8, 4) is 0 Å². The summed E-state index contributed by atoms with van der Waals surface area (Å²) in [5.74, 6) is 2.83. The van der Waals surface area contributed by atoms with E-state index >= 15 is 0 Å². The van der Waals surface area contributed by atoms with E-state index in [0.29, 0.717) is 11.7 Å². The standard InChI is InChI=1S/C14H21ClO/c1-10-13(16)8-7-12-6-5-11(14(10)12)4-2-3-9-15/h5,10,12,14H,2-4,6-9H2,1H3/t10?,12-,14-/m1/s1. The minimum absolute atomic E-state index is 0.267. The van der Waals surface area contributed by atoms with E-state index in [4.69, 9.17) is 11.6 Å². The molecule has 2 rings (SSSR count). The lowest BCUT2D eigenvalue weighted by molar-refractivity contribution is -0.126. The van der Waals surface area contributed by atoms with Crippen molar-refractivity contribution in [2.45, 2.75) is 45.4 Å². The average molecular weight is 241 g/mol. The van der Waals surface area contributed by atoms with E-state index in [1.165, 1.54) is 12.8 Å². The van der Waals surface area contributed by atoms with Crippen LogP contribution in [0.5, 0.6) is 0 Å². The summed E-state index contributed by atoms with van der Waals surface area (Å²) in [4.78, 5) is 11.8. The molecule has 0 aromatic carbocycles. The third-order valence-corrected chi connectivity index (χ3v) is 4.54. The predicted molar refractivity (Wildman–Crippen MR) is 67.7 cm³/mol. The highest BCUT2D eigenvalue weighted by atomic mass is 35.5. The Morgan fingerprint density at radius 3 is 3.00 bits per heavy atom. The van der Waals surface area contributed by atoms with Crippen LogP contribution in [0.2, 0.25) is 0 Å². The van der Waals surface area contributed by atoms with Gasteiger partial charge in [-0.3, -0.25) is 4.79 Å². The van der Waals surface area contributed by atoms with Crippen LogP contribution >= 0.6 is 11.6 Å². The van der Waals surface area contributed by atoms with Gasteiger partial charge in [0.1, 0.15) is 5.78 Å². The Labute approximate surface area is 103 Å². The van der Waals surface area contributed by atoms with Gasteiger partial charge in [-0.15, -0.1) is 11.6 Å². The molecule has 0 bridgehead atoms. The van der Waals surface area contributed by atoms with Crippen LogP contribution < -0.4 is 0 Å². The van der Waals surface area contributed by atoms with Crippen LogP contribution in [0.1, 0.15) is 45.4 Å². The summed E-state index contributed by atoms with van der Waals surface area (Å²) in [6.07, 6.45) is 8.97. The number of allylic oxidation sites excluding steroid dienone is 2. The van der Waals surface area contributed by atoms with Crippen molar-refractivity contribution in [3.05, 3.63) is 11.6 Å². The molecule has 0 N–H and O–H groups in total. The van der Waals surface area contributed by atoms with Gasteiger partial charge in [0.25, 0.3) is 0 Å². The fourth-order valence-corrected chi connectivity index (χ4v) is 3.55. The minimum Gasteiger partial charge on any atom is -0.299 e. The van der Waals surface area contributed by atoms with E-state index in [2.05, 4.69) is 13.0 Å². The minimum atomic E-state index is 0.267. The third kappa shape index (κ3) is 2.34.